The minimum absolute atomic E-state index is 0.0386. The molecular formula is C54H60F3N3O3. The average molecular weight is 856 g/mol. The van der Waals surface area contributed by atoms with Gasteiger partial charge in [0.1, 0.15) is 17.2 Å². The largest absolute Gasteiger partial charge is 0.453 e. The molecule has 6 nitrogen and oxygen atoms in total. The Morgan fingerprint density at radius 1 is 0.349 bits per heavy atom. The van der Waals surface area contributed by atoms with Crippen molar-refractivity contribution in [2.24, 2.45) is 53.3 Å². The van der Waals surface area contributed by atoms with Crippen molar-refractivity contribution >= 4 is 17.1 Å². The van der Waals surface area contributed by atoms with Gasteiger partial charge in [-0.15, -0.1) is 0 Å². The van der Waals surface area contributed by atoms with Crippen LogP contribution < -0.4 is 31.4 Å². The van der Waals surface area contributed by atoms with Crippen LogP contribution in [0.2, 0.25) is 0 Å². The van der Waals surface area contributed by atoms with E-state index in [1.807, 2.05) is 0 Å². The fraction of sp³-hybridized carbons (Fsp3) is 0.556. The van der Waals surface area contributed by atoms with E-state index in [0.29, 0.717) is 87.6 Å². The van der Waals surface area contributed by atoms with Gasteiger partial charge in [-0.25, -0.2) is 13.2 Å². The highest BCUT2D eigenvalue weighted by Crippen LogP contribution is 2.73. The zero-order valence-corrected chi connectivity index (χ0v) is 36.2. The number of halogens is 3. The molecule has 12 aliphatic rings. The number of anilines is 3. The predicted molar refractivity (Wildman–Crippen MR) is 239 cm³/mol. The maximum Gasteiger partial charge on any atom is 0.165 e. The molecule has 4 aromatic rings. The highest BCUT2D eigenvalue weighted by molar-refractivity contribution is 5.73. The molecule has 0 aromatic heterocycles. The molecule has 4 aromatic carbocycles. The second-order valence-corrected chi connectivity index (χ2v) is 23.1. The molecule has 9 heteroatoms. The summed E-state index contributed by atoms with van der Waals surface area (Å²) in [6.45, 7) is 0. The standard InChI is InChI=1S/C54H60F3N3O3/c55-40-4-1-37(58)16-43(40)61-49-46(52-19-28-7-29(20-52)9-30(8-28)21-52)50(62-44-17-38(59)2-5-41(44)56)48(54-25-34-13-35(26-54)15-36(14-34)27-54)51(63-45-18-39(60)3-6-42(45)57)47(49)53-22-31-10-32(23-53)12-33(11-31)24-53/h1-6,16-18,28-36H,7-15,19-27,58-60H2. The lowest BCUT2D eigenvalue weighted by atomic mass is 9.44. The summed E-state index contributed by atoms with van der Waals surface area (Å²) in [5.74, 6) is 5.08. The van der Waals surface area contributed by atoms with Crippen molar-refractivity contribution in [3.05, 3.63) is 88.7 Å². The van der Waals surface area contributed by atoms with Crippen LogP contribution in [-0.2, 0) is 16.2 Å². The molecule has 0 saturated heterocycles. The smallest absolute Gasteiger partial charge is 0.165 e. The zero-order valence-electron chi connectivity index (χ0n) is 36.2. The van der Waals surface area contributed by atoms with Crippen molar-refractivity contribution in [3.63, 3.8) is 0 Å². The minimum Gasteiger partial charge on any atom is -0.453 e. The van der Waals surface area contributed by atoms with E-state index in [2.05, 4.69) is 0 Å². The molecule has 63 heavy (non-hydrogen) atoms. The molecule has 330 valence electrons. The molecule has 0 spiro atoms. The van der Waals surface area contributed by atoms with E-state index in [1.54, 1.807) is 36.4 Å². The number of nitrogens with two attached hydrogens (primary N) is 3. The van der Waals surface area contributed by atoms with Crippen LogP contribution in [0.5, 0.6) is 34.5 Å². The van der Waals surface area contributed by atoms with Gasteiger partial charge in [-0.1, -0.05) is 0 Å². The van der Waals surface area contributed by atoms with Crippen LogP contribution in [0.15, 0.2) is 54.6 Å². The molecule has 16 rings (SSSR count). The number of hydrogen-bond donors (Lipinski definition) is 3. The Morgan fingerprint density at radius 3 is 0.762 bits per heavy atom. The highest BCUT2D eigenvalue weighted by atomic mass is 19.1. The quantitative estimate of drug-likeness (QED) is 0.145. The molecule has 0 radical (unpaired) electrons. The van der Waals surface area contributed by atoms with Gasteiger partial charge < -0.3 is 31.4 Å². The van der Waals surface area contributed by atoms with Gasteiger partial charge in [0.15, 0.2) is 34.7 Å². The van der Waals surface area contributed by atoms with Gasteiger partial charge in [-0.2, -0.15) is 0 Å². The molecule has 0 aliphatic heterocycles. The molecule has 0 heterocycles. The van der Waals surface area contributed by atoms with Crippen molar-refractivity contribution in [1.82, 2.24) is 0 Å². The van der Waals surface area contributed by atoms with Gasteiger partial charge in [0, 0.05) is 68.2 Å². The first-order valence-electron chi connectivity index (χ1n) is 24.3. The van der Waals surface area contributed by atoms with Crippen LogP contribution in [0.25, 0.3) is 0 Å². The van der Waals surface area contributed by atoms with E-state index in [-0.39, 0.29) is 33.5 Å². The number of ether oxygens (including phenoxy) is 3. The molecule has 12 bridgehead atoms. The van der Waals surface area contributed by atoms with E-state index in [9.17, 15) is 0 Å². The van der Waals surface area contributed by atoms with E-state index < -0.39 is 17.5 Å². The van der Waals surface area contributed by atoms with Crippen LogP contribution in [-0.4, -0.2) is 0 Å². The Hall–Kier alpha value is -4.53. The van der Waals surface area contributed by atoms with Gasteiger partial charge in [-0.05, 0) is 205 Å². The third-order valence-corrected chi connectivity index (χ3v) is 18.6. The minimum atomic E-state index is -0.518. The van der Waals surface area contributed by atoms with Crippen LogP contribution in [0, 0.1) is 70.7 Å². The van der Waals surface area contributed by atoms with E-state index >= 15 is 13.2 Å². The Morgan fingerprint density at radius 2 is 0.556 bits per heavy atom. The molecule has 0 unspecified atom stereocenters. The number of nitrogen functional groups attached to an aromatic ring is 3. The first kappa shape index (κ1) is 38.9. The number of hydrogen-bond acceptors (Lipinski definition) is 6. The summed E-state index contributed by atoms with van der Waals surface area (Å²) in [5, 5.41) is 0. The van der Waals surface area contributed by atoms with Gasteiger partial charge in [0.25, 0.3) is 0 Å². The third-order valence-electron chi connectivity index (χ3n) is 18.6. The summed E-state index contributed by atoms with van der Waals surface area (Å²) < 4.78 is 71.9. The Labute approximate surface area is 368 Å². The summed E-state index contributed by atoms with van der Waals surface area (Å²) in [4.78, 5) is 0. The number of rotatable bonds is 9. The summed E-state index contributed by atoms with van der Waals surface area (Å²) >= 11 is 0. The summed E-state index contributed by atoms with van der Waals surface area (Å²) in [6.07, 6.45) is 19.4. The van der Waals surface area contributed by atoms with Gasteiger partial charge in [0.05, 0.1) is 0 Å². The molecule has 12 aliphatic carbocycles. The first-order valence-corrected chi connectivity index (χ1v) is 24.3. The molecular weight excluding hydrogens is 796 g/mol. The summed E-state index contributed by atoms with van der Waals surface area (Å²) in [5.41, 5.74) is 22.2. The van der Waals surface area contributed by atoms with Crippen LogP contribution in [0.3, 0.4) is 0 Å². The average Bonchev–Trinajstić information content (AvgIpc) is 3.20. The van der Waals surface area contributed by atoms with Crippen molar-refractivity contribution in [3.8, 4) is 34.5 Å². The van der Waals surface area contributed by atoms with Crippen molar-refractivity contribution < 1.29 is 27.4 Å². The lowest BCUT2D eigenvalue weighted by Gasteiger charge is -2.61. The number of benzene rings is 4. The van der Waals surface area contributed by atoms with Crippen LogP contribution >= 0.6 is 0 Å². The monoisotopic (exact) mass is 855 g/mol. The summed E-state index contributed by atoms with van der Waals surface area (Å²) in [7, 11) is 0. The molecule has 6 N–H and O–H groups in total. The predicted octanol–water partition coefficient (Wildman–Crippen LogP) is 13.6. The van der Waals surface area contributed by atoms with E-state index in [1.165, 1.54) is 76.0 Å². The Bertz CT molecular complexity index is 2150. The fourth-order valence-electron chi connectivity index (χ4n) is 17.8. The molecule has 0 amide bonds. The van der Waals surface area contributed by atoms with Gasteiger partial charge in [0.2, 0.25) is 0 Å². The normalized spacial score (nSPS) is 37.5. The Kier molecular flexibility index (Phi) is 8.48. The lowest BCUT2D eigenvalue weighted by Crippen LogP contribution is -2.52. The SMILES string of the molecule is Nc1ccc(F)c(Oc2c(C34CC5CC(CC(C5)C3)C4)c(Oc3cc(N)ccc3F)c(C34CC5CC(CC(C5)C3)C4)c(Oc3cc(N)ccc3F)c2C23CC4CC(CC(C4)C2)C3)c1. The van der Waals surface area contributed by atoms with Crippen LogP contribution in [0.1, 0.15) is 132 Å². The van der Waals surface area contributed by atoms with Crippen molar-refractivity contribution in [2.45, 2.75) is 132 Å². The van der Waals surface area contributed by atoms with Crippen molar-refractivity contribution in [1.29, 1.82) is 0 Å². The van der Waals surface area contributed by atoms with Crippen LogP contribution in [0.4, 0.5) is 30.2 Å². The van der Waals surface area contributed by atoms with Crippen molar-refractivity contribution in [2.75, 3.05) is 17.2 Å². The third kappa shape index (κ3) is 6.16. The zero-order chi connectivity index (χ0) is 42.6. The molecule has 12 fully saturated rings. The fourth-order valence-corrected chi connectivity index (χ4v) is 17.8. The second kappa shape index (κ2) is 13.7. The first-order chi connectivity index (χ1) is 30.4. The molecule has 0 atom stereocenters. The maximum absolute atomic E-state index is 16.5. The summed E-state index contributed by atoms with van der Waals surface area (Å²) in [6, 6.07) is 13.6. The highest BCUT2D eigenvalue weighted by Gasteiger charge is 2.62. The van der Waals surface area contributed by atoms with Gasteiger partial charge in [-0.3, -0.25) is 0 Å². The topological polar surface area (TPSA) is 106 Å². The van der Waals surface area contributed by atoms with Gasteiger partial charge >= 0.3 is 0 Å². The molecule has 12 saturated carbocycles. The Balaban J connectivity index is 1.20. The maximum atomic E-state index is 16.5. The lowest BCUT2D eigenvalue weighted by molar-refractivity contribution is -0.0153. The second-order valence-electron chi connectivity index (χ2n) is 23.1. The van der Waals surface area contributed by atoms with E-state index in [0.717, 1.165) is 74.5 Å². The van der Waals surface area contributed by atoms with E-state index in [4.69, 9.17) is 31.4 Å².